The van der Waals surface area contributed by atoms with E-state index in [9.17, 15) is 4.39 Å². The Hall–Kier alpha value is 0.440. The van der Waals surface area contributed by atoms with Gasteiger partial charge in [0, 0.05) is 0 Å². The molecule has 0 fully saturated rings. The van der Waals surface area contributed by atoms with Gasteiger partial charge in [-0.05, 0) is 28.8 Å². The number of alkyl halides is 2. The van der Waals surface area contributed by atoms with Gasteiger partial charge in [0.25, 0.3) is 0 Å². The summed E-state index contributed by atoms with van der Waals surface area (Å²) in [6, 6.07) is 0. The van der Waals surface area contributed by atoms with Crippen molar-refractivity contribution in [2.75, 3.05) is 0 Å². The summed E-state index contributed by atoms with van der Waals surface area (Å²) in [5, 5.41) is -0.924. The molecule has 0 bridgehead atoms. The number of hydrogen-bond donors (Lipinski definition) is 0. The van der Waals surface area contributed by atoms with Crippen molar-refractivity contribution in [3.63, 3.8) is 0 Å². The van der Waals surface area contributed by atoms with Crippen molar-refractivity contribution < 1.29 is 4.39 Å². The van der Waals surface area contributed by atoms with Crippen LogP contribution in [0.2, 0.25) is 0 Å². The maximum absolute atomic E-state index is 12.3. The van der Waals surface area contributed by atoms with Crippen LogP contribution in [-0.4, -0.2) is 5.08 Å². The lowest BCUT2D eigenvalue weighted by atomic mass is 10.2. The van der Waals surface area contributed by atoms with Crippen LogP contribution in [0.3, 0.4) is 0 Å². The van der Waals surface area contributed by atoms with Crippen LogP contribution in [0.5, 0.6) is 0 Å². The van der Waals surface area contributed by atoms with Crippen LogP contribution in [-0.2, 0) is 0 Å². The van der Waals surface area contributed by atoms with Crippen LogP contribution in [0, 0.1) is 0 Å². The summed E-state index contributed by atoms with van der Waals surface area (Å²) in [5.74, 6) is 0. The predicted octanol–water partition coefficient (Wildman–Crippen LogP) is 4.38. The van der Waals surface area contributed by atoms with Crippen LogP contribution in [0.25, 0.3) is 0 Å². The highest BCUT2D eigenvalue weighted by Crippen LogP contribution is 2.18. The van der Waals surface area contributed by atoms with Crippen LogP contribution < -0.4 is 0 Å². The van der Waals surface area contributed by atoms with Crippen molar-refractivity contribution in [3.8, 4) is 0 Å². The molecule has 1 atom stereocenters. The molecule has 0 saturated carbocycles. The highest BCUT2D eigenvalue weighted by Gasteiger charge is 2.02. The maximum atomic E-state index is 12.3. The third-order valence-electron chi connectivity index (χ3n) is 1.36. The van der Waals surface area contributed by atoms with E-state index >= 15 is 0 Å². The zero-order valence-electron chi connectivity index (χ0n) is 6.62. The van der Waals surface area contributed by atoms with Gasteiger partial charge in [-0.15, -0.1) is 0 Å². The monoisotopic (exact) mass is 242 g/mol. The molecule has 0 heterocycles. The zero-order valence-corrected chi connectivity index (χ0v) is 8.96. The fourth-order valence-corrected chi connectivity index (χ4v) is 1.02. The van der Waals surface area contributed by atoms with E-state index in [0.717, 1.165) is 12.8 Å². The maximum Gasteiger partial charge on any atom is 0.190 e. The Balaban J connectivity index is 3.40. The average Bonchev–Trinajstić information content (AvgIpc) is 1.97. The van der Waals surface area contributed by atoms with E-state index in [2.05, 4.69) is 22.9 Å². The largest absolute Gasteiger partial charge is 0.229 e. The van der Waals surface area contributed by atoms with Gasteiger partial charge in [0.2, 0.25) is 0 Å². The van der Waals surface area contributed by atoms with Crippen molar-refractivity contribution in [2.45, 2.75) is 37.7 Å². The minimum atomic E-state index is -1.19. The third kappa shape index (κ3) is 6.82. The first-order valence-corrected chi connectivity index (χ1v) is 5.11. The Bertz CT molecular complexity index is 123. The van der Waals surface area contributed by atoms with Crippen LogP contribution >= 0.6 is 27.5 Å². The topological polar surface area (TPSA) is 0 Å². The summed E-state index contributed by atoms with van der Waals surface area (Å²) >= 11 is 8.28. The molecule has 1 unspecified atom stereocenters. The van der Waals surface area contributed by atoms with Gasteiger partial charge in [0.05, 0.1) is 5.03 Å². The van der Waals surface area contributed by atoms with Crippen molar-refractivity contribution in [3.05, 3.63) is 11.1 Å². The second-order valence-corrected chi connectivity index (χ2v) is 3.63. The Morgan fingerprint density at radius 3 is 2.73 bits per heavy atom. The lowest BCUT2D eigenvalue weighted by molar-refractivity contribution is 0.521. The molecule has 0 aliphatic carbocycles. The fourth-order valence-electron chi connectivity index (χ4n) is 0.723. The molecule has 0 aliphatic heterocycles. The van der Waals surface area contributed by atoms with E-state index in [0.29, 0.717) is 0 Å². The molecule has 0 aromatic carbocycles. The molecule has 0 aromatic rings. The van der Waals surface area contributed by atoms with Crippen molar-refractivity contribution in [2.24, 2.45) is 0 Å². The molecule has 66 valence electrons. The molecule has 0 nitrogen and oxygen atoms in total. The summed E-state index contributed by atoms with van der Waals surface area (Å²) in [6.07, 6.45) is 6.06. The Morgan fingerprint density at radius 1 is 1.64 bits per heavy atom. The van der Waals surface area contributed by atoms with Gasteiger partial charge < -0.3 is 0 Å². The molecule has 0 N–H and O–H groups in total. The van der Waals surface area contributed by atoms with Crippen LogP contribution in [0.1, 0.15) is 32.6 Å². The summed E-state index contributed by atoms with van der Waals surface area (Å²) in [5.41, 5.74) is 0. The Kier molecular flexibility index (Phi) is 7.39. The molecule has 3 heteroatoms. The number of hydrogen-bond acceptors (Lipinski definition) is 0. The lowest BCUT2D eigenvalue weighted by Gasteiger charge is -1.97. The van der Waals surface area contributed by atoms with E-state index in [1.54, 1.807) is 6.08 Å². The molecule has 0 aromatic heterocycles. The number of allylic oxidation sites excluding steroid dienone is 2. The minimum absolute atomic E-state index is 0.265. The van der Waals surface area contributed by atoms with Crippen LogP contribution in [0.4, 0.5) is 4.39 Å². The smallest absolute Gasteiger partial charge is 0.190 e. The highest BCUT2D eigenvalue weighted by molar-refractivity contribution is 9.09. The minimum Gasteiger partial charge on any atom is -0.229 e. The summed E-state index contributed by atoms with van der Waals surface area (Å²) in [4.78, 5) is 0. The molecular formula is C8H13BrClF. The number of rotatable bonds is 5. The van der Waals surface area contributed by atoms with Gasteiger partial charge in [0.1, 0.15) is 0 Å². The number of unbranched alkanes of at least 4 members (excludes halogenated alkanes) is 3. The summed E-state index contributed by atoms with van der Waals surface area (Å²) in [6.45, 7) is 2.13. The van der Waals surface area contributed by atoms with E-state index < -0.39 is 5.08 Å². The van der Waals surface area contributed by atoms with Gasteiger partial charge in [0.15, 0.2) is 5.08 Å². The van der Waals surface area contributed by atoms with E-state index in [1.807, 2.05) is 0 Å². The first kappa shape index (κ1) is 11.4. The van der Waals surface area contributed by atoms with Gasteiger partial charge in [-0.3, -0.25) is 0 Å². The first-order valence-electron chi connectivity index (χ1n) is 3.82. The molecule has 0 spiro atoms. The molecule has 0 saturated heterocycles. The molecule has 0 amide bonds. The summed E-state index contributed by atoms with van der Waals surface area (Å²) < 4.78 is 12.3. The van der Waals surface area contributed by atoms with Crippen LogP contribution in [0.15, 0.2) is 11.1 Å². The quantitative estimate of drug-likeness (QED) is 0.496. The lowest BCUT2D eigenvalue weighted by Crippen LogP contribution is -1.85. The molecular weight excluding hydrogens is 230 g/mol. The average molecular weight is 244 g/mol. The Morgan fingerprint density at radius 2 is 2.27 bits per heavy atom. The van der Waals surface area contributed by atoms with Crippen molar-refractivity contribution in [1.29, 1.82) is 0 Å². The first-order chi connectivity index (χ1) is 5.18. The number of halogens is 3. The van der Waals surface area contributed by atoms with Gasteiger partial charge in [-0.25, -0.2) is 4.39 Å². The zero-order chi connectivity index (χ0) is 8.69. The van der Waals surface area contributed by atoms with Crippen molar-refractivity contribution in [1.82, 2.24) is 0 Å². The molecule has 0 radical (unpaired) electrons. The predicted molar refractivity (Wildman–Crippen MR) is 51.9 cm³/mol. The van der Waals surface area contributed by atoms with Crippen molar-refractivity contribution >= 4 is 27.5 Å². The normalized spacial score (nSPS) is 15.1. The third-order valence-corrected chi connectivity index (χ3v) is 2.46. The summed E-state index contributed by atoms with van der Waals surface area (Å²) in [7, 11) is 0. The van der Waals surface area contributed by atoms with E-state index in [-0.39, 0.29) is 5.03 Å². The van der Waals surface area contributed by atoms with Gasteiger partial charge >= 0.3 is 0 Å². The molecule has 0 rings (SSSR count). The SMILES string of the molecule is CCCCCC=C(Cl)C(F)Br. The van der Waals surface area contributed by atoms with Gasteiger partial charge in [-0.1, -0.05) is 37.4 Å². The van der Waals surface area contributed by atoms with E-state index in [1.165, 1.54) is 12.8 Å². The fraction of sp³-hybridized carbons (Fsp3) is 0.750. The second-order valence-electron chi connectivity index (χ2n) is 2.39. The Labute approximate surface area is 80.9 Å². The standard InChI is InChI=1S/C8H13BrClF/c1-2-3-4-5-6-7(10)8(9)11/h6,8H,2-5H2,1H3. The highest BCUT2D eigenvalue weighted by atomic mass is 79.9. The van der Waals surface area contributed by atoms with E-state index in [4.69, 9.17) is 11.6 Å². The van der Waals surface area contributed by atoms with Gasteiger partial charge in [-0.2, -0.15) is 0 Å². The molecule has 0 aliphatic rings. The molecule has 11 heavy (non-hydrogen) atoms. The second kappa shape index (κ2) is 7.11.